The number of hydrogen-bond acceptors (Lipinski definition) is 14. The quantitative estimate of drug-likeness (QED) is 0.0409. The Morgan fingerprint density at radius 3 is 2.35 bits per heavy atom. The average Bonchev–Trinajstić information content (AvgIpc) is 4.27. The van der Waals surface area contributed by atoms with E-state index in [4.69, 9.17) is 25.4 Å². The molecule has 4 aromatic carbocycles. The monoisotopic (exact) mass is 1110 g/mol. The fraction of sp³-hybridized carbons (Fsp3) is 0.400. The molecule has 0 spiro atoms. The summed E-state index contributed by atoms with van der Waals surface area (Å²) in [7, 11) is 0. The molecule has 2 unspecified atom stereocenters. The van der Waals surface area contributed by atoms with Crippen molar-refractivity contribution < 1.29 is 55.8 Å². The minimum atomic E-state index is -1.30. The largest absolute Gasteiger partial charge is 0.508 e. The zero-order chi connectivity index (χ0) is 56.8. The summed E-state index contributed by atoms with van der Waals surface area (Å²) in [5, 5.41) is 33.1. The van der Waals surface area contributed by atoms with Crippen molar-refractivity contribution in [1.82, 2.24) is 40.5 Å². The third-order valence-corrected chi connectivity index (χ3v) is 16.1. The Labute approximate surface area is 463 Å². The minimum absolute atomic E-state index is 0.00285. The molecule has 0 radical (unpaired) electrons. The van der Waals surface area contributed by atoms with Crippen LogP contribution in [-0.2, 0) is 9.59 Å². The Bertz CT molecular complexity index is 3560. The standard InChI is InChI=1S/C60H60F5N9O7/c1-5-41-44(61)13-10-36-22-39(75)23-42(51(36)41)55-54(65)56-43(26-66-55)57(73-27-37-11-12-38(28-73)68-37)70-60(69-56)79-21-20-72-18-16-33(17-19-72)30-80-49-25-48(81-71-49)50(31(2)3)59(78)74-29-40(76)24-47(74)58(77)67-32(4)34-6-8-35(9-7-34)52-45(62)14-15-46(63)53(52)64/h1,6-10,13-15,22-23,25-26,31-33,37-38,40,47,50,68,75-76H,11-12,16-21,24,27-30H2,2-4H3,(H,67,77)/t32-,37?,38?,40+,47-,50+/m0/s1. The Kier molecular flexibility index (Phi) is 15.6. The first kappa shape index (κ1) is 55.0. The molecule has 4 N–H and O–H groups in total. The van der Waals surface area contributed by atoms with Crippen LogP contribution >= 0.6 is 0 Å². The fourth-order valence-corrected chi connectivity index (χ4v) is 11.9. The van der Waals surface area contributed by atoms with Gasteiger partial charge in [0.05, 0.1) is 35.3 Å². The van der Waals surface area contributed by atoms with Crippen LogP contribution in [0.2, 0.25) is 0 Å². The van der Waals surface area contributed by atoms with Gasteiger partial charge in [-0.05, 0) is 110 Å². The number of phenolic OH excluding ortho intramolecular Hbond substituents is 1. The Hall–Kier alpha value is -7.93. The summed E-state index contributed by atoms with van der Waals surface area (Å²) >= 11 is 0. The van der Waals surface area contributed by atoms with Crippen molar-refractivity contribution in [2.45, 2.75) is 89.1 Å². The van der Waals surface area contributed by atoms with Gasteiger partial charge in [0.15, 0.2) is 23.2 Å². The molecule has 21 heteroatoms. The van der Waals surface area contributed by atoms with Crippen LogP contribution in [0.3, 0.4) is 0 Å². The van der Waals surface area contributed by atoms with Crippen LogP contribution < -0.4 is 25.0 Å². The van der Waals surface area contributed by atoms with E-state index in [0.29, 0.717) is 54.5 Å². The summed E-state index contributed by atoms with van der Waals surface area (Å²) in [6.07, 6.45) is 9.91. The van der Waals surface area contributed by atoms with E-state index in [-0.39, 0.29) is 100 Å². The Morgan fingerprint density at radius 1 is 0.889 bits per heavy atom. The molecule has 81 heavy (non-hydrogen) atoms. The maximum Gasteiger partial charge on any atom is 0.319 e. The van der Waals surface area contributed by atoms with Gasteiger partial charge in [-0.2, -0.15) is 9.97 Å². The van der Waals surface area contributed by atoms with Gasteiger partial charge in [0.25, 0.3) is 5.88 Å². The molecule has 2 amide bonds. The predicted octanol–water partition coefficient (Wildman–Crippen LogP) is 8.57. The molecule has 3 aromatic heterocycles. The number of aliphatic hydroxyl groups is 1. The number of aromatic nitrogens is 4. The third kappa shape index (κ3) is 11.2. The number of piperidine rings is 1. The number of amides is 2. The summed E-state index contributed by atoms with van der Waals surface area (Å²) in [6, 6.07) is 13.4. The van der Waals surface area contributed by atoms with E-state index in [9.17, 15) is 33.0 Å². The molecule has 6 atom stereocenters. The highest BCUT2D eigenvalue weighted by atomic mass is 19.2. The predicted molar refractivity (Wildman–Crippen MR) is 291 cm³/mol. The van der Waals surface area contributed by atoms with E-state index in [1.165, 1.54) is 47.5 Å². The number of fused-ring (bicyclic) bond motifs is 4. The second kappa shape index (κ2) is 22.9. The van der Waals surface area contributed by atoms with Gasteiger partial charge in [0.2, 0.25) is 11.8 Å². The molecule has 7 aromatic rings. The van der Waals surface area contributed by atoms with Crippen molar-refractivity contribution in [3.8, 4) is 52.4 Å². The molecular formula is C60H60F5N9O7. The molecule has 4 saturated heterocycles. The number of likely N-dealkylation sites (tertiary alicyclic amines) is 2. The number of aliphatic hydroxyl groups excluding tert-OH is 1. The lowest BCUT2D eigenvalue weighted by atomic mass is 9.91. The number of nitrogens with zero attached hydrogens (tertiary/aromatic N) is 7. The SMILES string of the molecule is C#Cc1c(F)ccc2cc(O)cc(-c3ncc4c(N5CC6CCC(C5)N6)nc(OCCN5CCC(COc6cc([C@H](C(=O)N7C[C@H](O)C[C@H]7C(=O)N[C@@H](C)c7ccc(-c8c(F)ccc(F)c8F)cc7)C(C)C)on6)CC5)nc4c3F)c12. The number of benzene rings is 4. The van der Waals surface area contributed by atoms with Gasteiger partial charge in [-0.3, -0.25) is 19.5 Å². The molecule has 4 fully saturated rings. The lowest BCUT2D eigenvalue weighted by Crippen LogP contribution is -2.51. The lowest BCUT2D eigenvalue weighted by Gasteiger charge is -2.34. The van der Waals surface area contributed by atoms with Gasteiger partial charge in [0.1, 0.15) is 53.0 Å². The fourth-order valence-electron chi connectivity index (χ4n) is 11.9. The van der Waals surface area contributed by atoms with Crippen molar-refractivity contribution in [1.29, 1.82) is 0 Å². The minimum Gasteiger partial charge on any atom is -0.508 e. The number of nitrogens with one attached hydrogen (secondary N) is 2. The van der Waals surface area contributed by atoms with Crippen LogP contribution in [0.25, 0.3) is 44.1 Å². The molecule has 4 aliphatic heterocycles. The number of rotatable bonds is 16. The molecule has 4 aliphatic rings. The van der Waals surface area contributed by atoms with Crippen molar-refractivity contribution in [2.75, 3.05) is 57.4 Å². The van der Waals surface area contributed by atoms with Crippen LogP contribution in [0.15, 0.2) is 77.4 Å². The molecule has 7 heterocycles. The number of ether oxygens (including phenoxy) is 2. The van der Waals surface area contributed by atoms with E-state index >= 15 is 8.78 Å². The van der Waals surface area contributed by atoms with E-state index in [0.717, 1.165) is 44.8 Å². The van der Waals surface area contributed by atoms with Gasteiger partial charge in [-0.1, -0.05) is 50.1 Å². The topological polar surface area (TPSA) is 192 Å². The van der Waals surface area contributed by atoms with Gasteiger partial charge in [0, 0.05) is 67.9 Å². The number of hydrogen-bond donors (Lipinski definition) is 4. The molecule has 16 nitrogen and oxygen atoms in total. The molecule has 0 aliphatic carbocycles. The van der Waals surface area contributed by atoms with Crippen LogP contribution in [0.1, 0.15) is 81.7 Å². The highest BCUT2D eigenvalue weighted by Gasteiger charge is 2.44. The maximum absolute atomic E-state index is 17.1. The van der Waals surface area contributed by atoms with Crippen LogP contribution in [0, 0.1) is 53.3 Å². The summed E-state index contributed by atoms with van der Waals surface area (Å²) in [5.41, 5.74) is 0.0456. The maximum atomic E-state index is 17.1. The van der Waals surface area contributed by atoms with Crippen molar-refractivity contribution in [2.24, 2.45) is 11.8 Å². The second-order valence-electron chi connectivity index (χ2n) is 21.9. The summed E-state index contributed by atoms with van der Waals surface area (Å²) in [5.74, 6) is -3.59. The number of β-amino-alcohol motifs (C(OH)–C–C–N with tert-alkyl or cyclic N) is 1. The molecular weight excluding hydrogens is 1050 g/mol. The van der Waals surface area contributed by atoms with E-state index in [2.05, 4.69) is 41.5 Å². The lowest BCUT2D eigenvalue weighted by molar-refractivity contribution is -0.141. The number of aromatic hydroxyl groups is 1. The second-order valence-corrected chi connectivity index (χ2v) is 21.9. The van der Waals surface area contributed by atoms with Crippen molar-refractivity contribution in [3.63, 3.8) is 0 Å². The molecule has 2 bridgehead atoms. The highest BCUT2D eigenvalue weighted by Crippen LogP contribution is 2.40. The number of carbonyl (C=O) groups excluding carboxylic acids is 2. The van der Waals surface area contributed by atoms with Crippen molar-refractivity contribution in [3.05, 3.63) is 119 Å². The number of phenols is 1. The highest BCUT2D eigenvalue weighted by molar-refractivity contribution is 6.03. The number of terminal acetylenes is 1. The van der Waals surface area contributed by atoms with Crippen LogP contribution in [-0.4, -0.2) is 129 Å². The van der Waals surface area contributed by atoms with Crippen LogP contribution in [0.5, 0.6) is 17.6 Å². The normalized spacial score (nSPS) is 20.3. The summed E-state index contributed by atoms with van der Waals surface area (Å²) in [4.78, 5) is 47.8. The van der Waals surface area contributed by atoms with Crippen LogP contribution in [0.4, 0.5) is 27.8 Å². The first-order valence-corrected chi connectivity index (χ1v) is 27.3. The number of halogens is 5. The summed E-state index contributed by atoms with van der Waals surface area (Å²) < 4.78 is 93.0. The first-order chi connectivity index (χ1) is 39.0. The van der Waals surface area contributed by atoms with Crippen molar-refractivity contribution >= 4 is 39.3 Å². The smallest absolute Gasteiger partial charge is 0.319 e. The Balaban J connectivity index is 0.702. The summed E-state index contributed by atoms with van der Waals surface area (Å²) in [6.45, 7) is 9.18. The van der Waals surface area contributed by atoms with E-state index in [1.807, 2.05) is 13.8 Å². The van der Waals surface area contributed by atoms with Gasteiger partial charge < -0.3 is 44.6 Å². The van der Waals surface area contributed by atoms with Gasteiger partial charge in [-0.15, -0.1) is 6.42 Å². The molecule has 11 rings (SSSR count). The van der Waals surface area contributed by atoms with Gasteiger partial charge in [-0.25, -0.2) is 22.0 Å². The first-order valence-electron chi connectivity index (χ1n) is 27.3. The van der Waals surface area contributed by atoms with Gasteiger partial charge >= 0.3 is 6.01 Å². The molecule has 422 valence electrons. The molecule has 0 saturated carbocycles. The number of anilines is 1. The Morgan fingerprint density at radius 2 is 1.62 bits per heavy atom. The zero-order valence-corrected chi connectivity index (χ0v) is 44.8. The third-order valence-electron chi connectivity index (χ3n) is 16.1. The number of piperazine rings is 1. The van der Waals surface area contributed by atoms with E-state index < -0.39 is 70.6 Å². The zero-order valence-electron chi connectivity index (χ0n) is 44.8. The van der Waals surface area contributed by atoms with E-state index in [1.54, 1.807) is 25.1 Å². The number of carbonyl (C=O) groups is 2. The number of pyridine rings is 1. The average molecular weight is 1110 g/mol.